The molecule has 1 aromatic heterocycles. The molecule has 0 unspecified atom stereocenters. The average molecular weight is 274 g/mol. The molecule has 1 aliphatic heterocycles. The van der Waals surface area contributed by atoms with Gasteiger partial charge in [0.2, 0.25) is 0 Å². The summed E-state index contributed by atoms with van der Waals surface area (Å²) in [6.07, 6.45) is 2.77. The fourth-order valence-electron chi connectivity index (χ4n) is 1.84. The molecule has 0 saturated carbocycles. The van der Waals surface area contributed by atoms with Crippen molar-refractivity contribution in [1.82, 2.24) is 9.29 Å². The summed E-state index contributed by atoms with van der Waals surface area (Å²) in [5.41, 5.74) is 1.47. The zero-order valence-corrected chi connectivity index (χ0v) is 11.3. The van der Waals surface area contributed by atoms with E-state index >= 15 is 0 Å². The van der Waals surface area contributed by atoms with Gasteiger partial charge in [-0.15, -0.1) is 0 Å². The summed E-state index contributed by atoms with van der Waals surface area (Å²) in [6.45, 7) is 4.41. The van der Waals surface area contributed by atoms with E-state index in [4.69, 9.17) is 0 Å². The van der Waals surface area contributed by atoms with Gasteiger partial charge in [-0.1, -0.05) is 23.0 Å². The standard InChI is InChI=1S/C10H14N2O3S2/c1-7-4-3-5-12(6-7)17(14,15)9-8(2)11-10(13)16-9/h4H,3,5-6H2,1-2H3,(H,11,13). The van der Waals surface area contributed by atoms with E-state index in [1.54, 1.807) is 6.92 Å². The van der Waals surface area contributed by atoms with E-state index in [1.807, 2.05) is 13.0 Å². The average Bonchev–Trinajstić information content (AvgIpc) is 2.58. The first-order valence-corrected chi connectivity index (χ1v) is 7.52. The van der Waals surface area contributed by atoms with Crippen molar-refractivity contribution < 1.29 is 8.42 Å². The van der Waals surface area contributed by atoms with Gasteiger partial charge in [-0.25, -0.2) is 8.42 Å². The molecule has 17 heavy (non-hydrogen) atoms. The highest BCUT2D eigenvalue weighted by atomic mass is 32.2. The van der Waals surface area contributed by atoms with Crippen LogP contribution in [0.4, 0.5) is 0 Å². The number of sulfonamides is 1. The van der Waals surface area contributed by atoms with Gasteiger partial charge in [-0.2, -0.15) is 4.31 Å². The molecule has 0 radical (unpaired) electrons. The summed E-state index contributed by atoms with van der Waals surface area (Å²) in [4.78, 5) is 13.4. The third-order valence-corrected chi connectivity index (χ3v) is 6.08. The van der Waals surface area contributed by atoms with Crippen LogP contribution in [-0.4, -0.2) is 30.8 Å². The smallest absolute Gasteiger partial charge is 0.305 e. The summed E-state index contributed by atoms with van der Waals surface area (Å²) in [5.74, 6) is 0. The van der Waals surface area contributed by atoms with Crippen molar-refractivity contribution in [2.45, 2.75) is 24.5 Å². The zero-order valence-electron chi connectivity index (χ0n) is 9.69. The van der Waals surface area contributed by atoms with Crippen LogP contribution in [0.25, 0.3) is 0 Å². The number of H-pyrrole nitrogens is 1. The molecule has 1 N–H and O–H groups in total. The van der Waals surface area contributed by atoms with Crippen molar-refractivity contribution in [2.75, 3.05) is 13.1 Å². The molecule has 5 nitrogen and oxygen atoms in total. The minimum Gasteiger partial charge on any atom is -0.315 e. The van der Waals surface area contributed by atoms with Crippen molar-refractivity contribution in [3.63, 3.8) is 0 Å². The van der Waals surface area contributed by atoms with Gasteiger partial charge >= 0.3 is 4.87 Å². The molecule has 0 bridgehead atoms. The van der Waals surface area contributed by atoms with Gasteiger partial charge in [0.1, 0.15) is 0 Å². The van der Waals surface area contributed by atoms with Crippen LogP contribution < -0.4 is 4.87 Å². The van der Waals surface area contributed by atoms with Crippen LogP contribution in [0.15, 0.2) is 20.7 Å². The molecule has 94 valence electrons. The molecule has 0 amide bonds. The van der Waals surface area contributed by atoms with Gasteiger partial charge in [0.25, 0.3) is 10.0 Å². The lowest BCUT2D eigenvalue weighted by atomic mass is 10.2. The maximum Gasteiger partial charge on any atom is 0.305 e. The van der Waals surface area contributed by atoms with Crippen LogP contribution >= 0.6 is 11.3 Å². The van der Waals surface area contributed by atoms with Gasteiger partial charge < -0.3 is 4.98 Å². The largest absolute Gasteiger partial charge is 0.315 e. The third-order valence-electron chi connectivity index (χ3n) is 2.65. The lowest BCUT2D eigenvalue weighted by Gasteiger charge is -2.24. The maximum atomic E-state index is 12.3. The first-order valence-electron chi connectivity index (χ1n) is 5.27. The Hall–Kier alpha value is -0.920. The first-order chi connectivity index (χ1) is 7.91. The Morgan fingerprint density at radius 1 is 1.41 bits per heavy atom. The van der Waals surface area contributed by atoms with Crippen LogP contribution in [0.2, 0.25) is 0 Å². The first kappa shape index (κ1) is 12.5. The van der Waals surface area contributed by atoms with Crippen LogP contribution in [0.1, 0.15) is 19.0 Å². The summed E-state index contributed by atoms with van der Waals surface area (Å²) < 4.78 is 26.2. The Morgan fingerprint density at radius 2 is 2.12 bits per heavy atom. The second kappa shape index (κ2) is 4.40. The second-order valence-electron chi connectivity index (χ2n) is 4.10. The summed E-state index contributed by atoms with van der Waals surface area (Å²) >= 11 is 0.756. The topological polar surface area (TPSA) is 70.2 Å². The normalized spacial score (nSPS) is 18.1. The molecule has 0 atom stereocenters. The number of nitrogens with zero attached hydrogens (tertiary/aromatic N) is 1. The highest BCUT2D eigenvalue weighted by Crippen LogP contribution is 2.23. The number of thiazole rings is 1. The minimum absolute atomic E-state index is 0.136. The Bertz CT molecular complexity index is 610. The number of hydrogen-bond acceptors (Lipinski definition) is 4. The highest BCUT2D eigenvalue weighted by molar-refractivity contribution is 7.91. The Morgan fingerprint density at radius 3 is 2.65 bits per heavy atom. The molecule has 0 spiro atoms. The number of aromatic nitrogens is 1. The molecular formula is C10H14N2O3S2. The molecule has 2 heterocycles. The van der Waals surface area contributed by atoms with Crippen LogP contribution in [0, 0.1) is 6.92 Å². The molecule has 0 aliphatic carbocycles. The maximum absolute atomic E-state index is 12.3. The zero-order chi connectivity index (χ0) is 12.6. The summed E-state index contributed by atoms with van der Waals surface area (Å²) in [6, 6.07) is 0. The number of nitrogens with one attached hydrogen (secondary N) is 1. The van der Waals surface area contributed by atoms with E-state index < -0.39 is 10.0 Å². The molecule has 2 rings (SSSR count). The van der Waals surface area contributed by atoms with E-state index in [0.717, 1.165) is 23.3 Å². The Balaban J connectivity index is 2.40. The van der Waals surface area contributed by atoms with Gasteiger partial charge in [-0.05, 0) is 20.3 Å². The SMILES string of the molecule is CC1=CCCN(S(=O)(=O)c2sc(=O)[nH]c2C)C1. The lowest BCUT2D eigenvalue weighted by Crippen LogP contribution is -2.35. The van der Waals surface area contributed by atoms with Gasteiger partial charge in [0, 0.05) is 18.8 Å². The minimum atomic E-state index is -3.53. The van der Waals surface area contributed by atoms with Gasteiger partial charge in [0.15, 0.2) is 4.21 Å². The van der Waals surface area contributed by atoms with E-state index in [0.29, 0.717) is 18.8 Å². The van der Waals surface area contributed by atoms with Gasteiger partial charge in [-0.3, -0.25) is 4.79 Å². The van der Waals surface area contributed by atoms with E-state index in [1.165, 1.54) is 4.31 Å². The Labute approximate surface area is 104 Å². The second-order valence-corrected chi connectivity index (χ2v) is 7.22. The highest BCUT2D eigenvalue weighted by Gasteiger charge is 2.29. The van der Waals surface area contributed by atoms with Crippen LogP contribution in [0.5, 0.6) is 0 Å². The van der Waals surface area contributed by atoms with Crippen molar-refractivity contribution >= 4 is 21.4 Å². The van der Waals surface area contributed by atoms with Crippen molar-refractivity contribution in [3.05, 3.63) is 27.0 Å². The fraction of sp³-hybridized carbons (Fsp3) is 0.500. The predicted molar refractivity (Wildman–Crippen MR) is 66.8 cm³/mol. The molecule has 7 heteroatoms. The monoisotopic (exact) mass is 274 g/mol. The van der Waals surface area contributed by atoms with Gasteiger partial charge in [0.05, 0.1) is 0 Å². The molecule has 0 aromatic carbocycles. The summed E-state index contributed by atoms with van der Waals surface area (Å²) in [7, 11) is -3.53. The van der Waals surface area contributed by atoms with Crippen LogP contribution in [0.3, 0.4) is 0 Å². The fourth-order valence-corrected chi connectivity index (χ4v) is 4.77. The van der Waals surface area contributed by atoms with Crippen LogP contribution in [-0.2, 0) is 10.0 Å². The quantitative estimate of drug-likeness (QED) is 0.821. The van der Waals surface area contributed by atoms with Crippen molar-refractivity contribution in [3.8, 4) is 0 Å². The summed E-state index contributed by atoms with van der Waals surface area (Å²) in [5, 5.41) is 0. The molecule has 1 aromatic rings. The van der Waals surface area contributed by atoms with E-state index in [9.17, 15) is 13.2 Å². The lowest BCUT2D eigenvalue weighted by molar-refractivity contribution is 0.429. The molecule has 0 saturated heterocycles. The predicted octanol–water partition coefficient (Wildman–Crippen LogP) is 1.09. The number of aromatic amines is 1. The molecular weight excluding hydrogens is 260 g/mol. The van der Waals surface area contributed by atoms with Crippen molar-refractivity contribution in [1.29, 1.82) is 0 Å². The van der Waals surface area contributed by atoms with Crippen molar-refractivity contribution in [2.24, 2.45) is 0 Å². The molecule has 1 aliphatic rings. The Kier molecular flexibility index (Phi) is 3.24. The molecule has 0 fully saturated rings. The van der Waals surface area contributed by atoms with E-state index in [-0.39, 0.29) is 9.08 Å². The third kappa shape index (κ3) is 2.36. The number of rotatable bonds is 2. The number of aryl methyl sites for hydroxylation is 1. The van der Waals surface area contributed by atoms with E-state index in [2.05, 4.69) is 4.98 Å². The number of hydrogen-bond donors (Lipinski definition) is 1.